The van der Waals surface area contributed by atoms with Crippen LogP contribution in [0.3, 0.4) is 0 Å². The fourth-order valence-corrected chi connectivity index (χ4v) is 3.69. The second-order valence-corrected chi connectivity index (χ2v) is 7.02. The van der Waals surface area contributed by atoms with Gasteiger partial charge in [0.2, 0.25) is 0 Å². The van der Waals surface area contributed by atoms with Gasteiger partial charge in [0.05, 0.1) is 5.92 Å². The number of fused-ring (bicyclic) bond motifs is 1. The van der Waals surface area contributed by atoms with E-state index in [1.807, 2.05) is 0 Å². The van der Waals surface area contributed by atoms with Crippen LogP contribution >= 0.6 is 0 Å². The van der Waals surface area contributed by atoms with Crippen molar-refractivity contribution in [2.24, 2.45) is 5.92 Å². The Morgan fingerprint density at radius 2 is 1.41 bits per heavy atom. The molecule has 0 aliphatic heterocycles. The van der Waals surface area contributed by atoms with Crippen LogP contribution in [0, 0.1) is 17.6 Å². The number of benzene rings is 3. The molecular formula is C24H18F2O3. The van der Waals surface area contributed by atoms with Crippen LogP contribution in [-0.2, 0) is 0 Å². The van der Waals surface area contributed by atoms with E-state index in [-0.39, 0.29) is 18.0 Å². The average molecular weight is 392 g/mol. The number of carbonyl (C=O) groups excluding carboxylic acids is 2. The monoisotopic (exact) mass is 392 g/mol. The summed E-state index contributed by atoms with van der Waals surface area (Å²) in [4.78, 5) is 25.3. The molecule has 1 atom stereocenters. The molecule has 0 amide bonds. The first-order valence-corrected chi connectivity index (χ1v) is 9.38. The molecule has 0 bridgehead atoms. The third-order valence-electron chi connectivity index (χ3n) is 5.10. The summed E-state index contributed by atoms with van der Waals surface area (Å²) in [6.07, 6.45) is -0.0734. The Bertz CT molecular complexity index is 1040. The molecule has 0 heterocycles. The molecule has 0 spiro atoms. The molecule has 0 saturated heterocycles. The van der Waals surface area contributed by atoms with Crippen LogP contribution in [0.1, 0.15) is 45.2 Å². The van der Waals surface area contributed by atoms with E-state index < -0.39 is 23.7 Å². The van der Waals surface area contributed by atoms with Crippen molar-refractivity contribution in [3.63, 3.8) is 0 Å². The molecule has 1 aliphatic rings. The standard InChI is InChI=1S/C24H18F2O3/c25-16-6-3-5-15(13-16)22(29-18-8-4-7-17(26)14-18)12-11-21-23(27)19-9-1-2-10-20(19)24(21)28/h1-10,13-14,21-22H,11-12H2. The van der Waals surface area contributed by atoms with Gasteiger partial charge in [-0.15, -0.1) is 0 Å². The van der Waals surface area contributed by atoms with Crippen molar-refractivity contribution in [3.05, 3.63) is 101 Å². The maximum Gasteiger partial charge on any atom is 0.174 e. The number of rotatable bonds is 6. The maximum atomic E-state index is 13.8. The number of hydrogen-bond donors (Lipinski definition) is 0. The van der Waals surface area contributed by atoms with E-state index in [1.54, 1.807) is 42.5 Å². The zero-order valence-corrected chi connectivity index (χ0v) is 15.5. The molecular weight excluding hydrogens is 374 g/mol. The molecule has 3 nitrogen and oxygen atoms in total. The quantitative estimate of drug-likeness (QED) is 0.516. The van der Waals surface area contributed by atoms with Gasteiger partial charge in [-0.1, -0.05) is 42.5 Å². The molecule has 1 aliphatic carbocycles. The summed E-state index contributed by atoms with van der Waals surface area (Å²) in [5.41, 5.74) is 1.44. The van der Waals surface area contributed by atoms with Crippen molar-refractivity contribution >= 4 is 11.6 Å². The van der Waals surface area contributed by atoms with Gasteiger partial charge in [-0.05, 0) is 42.7 Å². The minimum absolute atomic E-state index is 0.200. The van der Waals surface area contributed by atoms with Crippen molar-refractivity contribution < 1.29 is 23.1 Å². The Hall–Kier alpha value is -3.34. The molecule has 4 rings (SSSR count). The van der Waals surface area contributed by atoms with Crippen LogP contribution in [0.4, 0.5) is 8.78 Å². The lowest BCUT2D eigenvalue weighted by Gasteiger charge is -2.21. The van der Waals surface area contributed by atoms with Gasteiger partial charge < -0.3 is 4.74 Å². The number of hydrogen-bond acceptors (Lipinski definition) is 3. The van der Waals surface area contributed by atoms with E-state index in [2.05, 4.69) is 0 Å². The van der Waals surface area contributed by atoms with Crippen molar-refractivity contribution in [3.8, 4) is 5.75 Å². The summed E-state index contributed by atoms with van der Waals surface area (Å²) in [5.74, 6) is -1.75. The fraction of sp³-hybridized carbons (Fsp3) is 0.167. The van der Waals surface area contributed by atoms with Gasteiger partial charge in [-0.2, -0.15) is 0 Å². The Labute approximate surface area is 166 Å². The van der Waals surface area contributed by atoms with Gasteiger partial charge >= 0.3 is 0 Å². The molecule has 3 aromatic carbocycles. The third kappa shape index (κ3) is 3.94. The van der Waals surface area contributed by atoms with Crippen LogP contribution in [0.15, 0.2) is 72.8 Å². The normalized spacial score (nSPS) is 14.7. The number of carbonyl (C=O) groups is 2. The van der Waals surface area contributed by atoms with E-state index >= 15 is 0 Å². The van der Waals surface area contributed by atoms with Gasteiger partial charge in [0.1, 0.15) is 23.5 Å². The molecule has 0 aromatic heterocycles. The van der Waals surface area contributed by atoms with Crippen molar-refractivity contribution in [2.45, 2.75) is 18.9 Å². The van der Waals surface area contributed by atoms with Crippen molar-refractivity contribution in [1.29, 1.82) is 0 Å². The first-order chi connectivity index (χ1) is 14.0. The first kappa shape index (κ1) is 19.0. The number of ether oxygens (including phenoxy) is 1. The highest BCUT2D eigenvalue weighted by atomic mass is 19.1. The van der Waals surface area contributed by atoms with E-state index in [1.165, 1.54) is 30.3 Å². The Morgan fingerprint density at radius 1 is 0.793 bits per heavy atom. The highest BCUT2D eigenvalue weighted by molar-refractivity contribution is 6.26. The van der Waals surface area contributed by atoms with Crippen LogP contribution in [-0.4, -0.2) is 11.6 Å². The van der Waals surface area contributed by atoms with Gasteiger partial charge in [0.15, 0.2) is 11.6 Å². The average Bonchev–Trinajstić information content (AvgIpc) is 2.96. The number of halogens is 2. The van der Waals surface area contributed by atoms with Crippen LogP contribution in [0.25, 0.3) is 0 Å². The molecule has 3 aromatic rings. The zero-order chi connectivity index (χ0) is 20.4. The molecule has 29 heavy (non-hydrogen) atoms. The molecule has 1 unspecified atom stereocenters. The van der Waals surface area contributed by atoms with Crippen LogP contribution in [0.2, 0.25) is 0 Å². The van der Waals surface area contributed by atoms with E-state index in [0.717, 1.165) is 0 Å². The largest absolute Gasteiger partial charge is 0.486 e. The van der Waals surface area contributed by atoms with Gasteiger partial charge in [-0.25, -0.2) is 8.78 Å². The summed E-state index contributed by atoms with van der Waals surface area (Å²) in [6, 6.07) is 18.4. The predicted molar refractivity (Wildman–Crippen MR) is 104 cm³/mol. The molecule has 0 N–H and O–H groups in total. The van der Waals surface area contributed by atoms with Crippen molar-refractivity contribution in [1.82, 2.24) is 0 Å². The minimum Gasteiger partial charge on any atom is -0.486 e. The Morgan fingerprint density at radius 3 is 2.03 bits per heavy atom. The third-order valence-corrected chi connectivity index (χ3v) is 5.10. The summed E-state index contributed by atoms with van der Waals surface area (Å²) >= 11 is 0. The van der Waals surface area contributed by atoms with Gasteiger partial charge in [0.25, 0.3) is 0 Å². The van der Waals surface area contributed by atoms with E-state index in [0.29, 0.717) is 28.9 Å². The Balaban J connectivity index is 1.56. The minimum atomic E-state index is -0.778. The smallest absolute Gasteiger partial charge is 0.174 e. The lowest BCUT2D eigenvalue weighted by atomic mass is 9.94. The lowest BCUT2D eigenvalue weighted by Crippen LogP contribution is -2.18. The lowest BCUT2D eigenvalue weighted by molar-refractivity contribution is 0.0814. The second kappa shape index (κ2) is 7.95. The first-order valence-electron chi connectivity index (χ1n) is 9.38. The fourth-order valence-electron chi connectivity index (χ4n) is 3.69. The van der Waals surface area contributed by atoms with Crippen LogP contribution < -0.4 is 4.74 Å². The number of Topliss-reactive ketones (excluding diaryl/α,β-unsaturated/α-hetero) is 2. The topological polar surface area (TPSA) is 43.4 Å². The zero-order valence-electron chi connectivity index (χ0n) is 15.5. The molecule has 146 valence electrons. The predicted octanol–water partition coefficient (Wildman–Crippen LogP) is 5.56. The molecule has 5 heteroatoms. The van der Waals surface area contributed by atoms with Crippen LogP contribution in [0.5, 0.6) is 5.75 Å². The van der Waals surface area contributed by atoms with E-state index in [9.17, 15) is 18.4 Å². The maximum absolute atomic E-state index is 13.8. The molecule has 0 saturated carbocycles. The molecule has 0 fully saturated rings. The van der Waals surface area contributed by atoms with Crippen molar-refractivity contribution in [2.75, 3.05) is 0 Å². The summed E-state index contributed by atoms with van der Waals surface area (Å²) in [7, 11) is 0. The van der Waals surface area contributed by atoms with Gasteiger partial charge in [-0.3, -0.25) is 9.59 Å². The highest BCUT2D eigenvalue weighted by Crippen LogP contribution is 2.34. The Kier molecular flexibility index (Phi) is 5.21. The highest BCUT2D eigenvalue weighted by Gasteiger charge is 2.38. The molecule has 0 radical (unpaired) electrons. The second-order valence-electron chi connectivity index (χ2n) is 7.02. The summed E-state index contributed by atoms with van der Waals surface area (Å²) in [5, 5.41) is 0. The SMILES string of the molecule is O=C1c2ccccc2C(=O)C1CCC(Oc1cccc(F)c1)c1cccc(F)c1. The summed E-state index contributed by atoms with van der Waals surface area (Å²) < 4.78 is 33.2. The van der Waals surface area contributed by atoms with Gasteiger partial charge in [0, 0.05) is 17.2 Å². The number of ketones is 2. The summed E-state index contributed by atoms with van der Waals surface area (Å²) in [6.45, 7) is 0. The van der Waals surface area contributed by atoms with E-state index in [4.69, 9.17) is 4.74 Å².